The molecular formula is C11H11N3O4. The molecule has 1 N–H and O–H groups in total. The number of pyridine rings is 1. The van der Waals surface area contributed by atoms with Crippen LogP contribution in [0.3, 0.4) is 0 Å². The molecule has 0 saturated heterocycles. The van der Waals surface area contributed by atoms with E-state index in [0.29, 0.717) is 11.3 Å². The van der Waals surface area contributed by atoms with Crippen LogP contribution in [0, 0.1) is 10.1 Å². The third-order valence-electron chi connectivity index (χ3n) is 2.59. The molecule has 0 aliphatic rings. The van der Waals surface area contributed by atoms with Gasteiger partial charge in [-0.3, -0.25) is 14.5 Å². The summed E-state index contributed by atoms with van der Waals surface area (Å²) in [6.45, 7) is 3.64. The zero-order valence-electron chi connectivity index (χ0n) is 9.82. The van der Waals surface area contributed by atoms with E-state index in [4.69, 9.17) is 0 Å². The van der Waals surface area contributed by atoms with Gasteiger partial charge in [-0.05, 0) is 12.0 Å². The number of nitrogens with zero attached hydrogens (tertiary/aromatic N) is 3. The minimum Gasteiger partial charge on any atom is -0.477 e. The van der Waals surface area contributed by atoms with Crippen LogP contribution in [0.15, 0.2) is 18.3 Å². The molecule has 0 aliphatic heterocycles. The fourth-order valence-corrected chi connectivity index (χ4v) is 1.77. The van der Waals surface area contributed by atoms with Gasteiger partial charge < -0.3 is 5.11 Å². The average molecular weight is 249 g/mol. The Morgan fingerprint density at radius 3 is 2.67 bits per heavy atom. The van der Waals surface area contributed by atoms with Crippen molar-refractivity contribution in [3.05, 3.63) is 39.8 Å². The Bertz CT molecular complexity index is 645. The average Bonchev–Trinajstić information content (AvgIpc) is 2.66. The highest BCUT2D eigenvalue weighted by Crippen LogP contribution is 2.23. The number of hydrogen-bond acceptors (Lipinski definition) is 4. The van der Waals surface area contributed by atoms with Gasteiger partial charge in [0.25, 0.3) is 5.69 Å². The number of fused-ring (bicyclic) bond motifs is 1. The zero-order chi connectivity index (χ0) is 13.4. The number of carboxylic acid groups (broad SMARTS) is 1. The first kappa shape index (κ1) is 12.0. The van der Waals surface area contributed by atoms with Gasteiger partial charge in [0.1, 0.15) is 5.65 Å². The molecule has 2 aromatic rings. The Balaban J connectivity index is 2.79. The van der Waals surface area contributed by atoms with E-state index in [9.17, 15) is 20.0 Å². The van der Waals surface area contributed by atoms with Crippen LogP contribution in [0.4, 0.5) is 5.69 Å². The van der Waals surface area contributed by atoms with Crippen molar-refractivity contribution in [3.8, 4) is 0 Å². The summed E-state index contributed by atoms with van der Waals surface area (Å²) in [6, 6.07) is 2.74. The van der Waals surface area contributed by atoms with E-state index < -0.39 is 10.9 Å². The van der Waals surface area contributed by atoms with Gasteiger partial charge in [0.2, 0.25) is 0 Å². The van der Waals surface area contributed by atoms with Gasteiger partial charge >= 0.3 is 5.97 Å². The van der Waals surface area contributed by atoms with E-state index >= 15 is 0 Å². The Morgan fingerprint density at radius 1 is 1.50 bits per heavy atom. The monoisotopic (exact) mass is 249 g/mol. The molecular weight excluding hydrogens is 238 g/mol. The molecule has 0 fully saturated rings. The van der Waals surface area contributed by atoms with Gasteiger partial charge in [0, 0.05) is 6.07 Å². The molecule has 0 saturated carbocycles. The Morgan fingerprint density at radius 2 is 2.17 bits per heavy atom. The van der Waals surface area contributed by atoms with Gasteiger partial charge in [0.15, 0.2) is 5.69 Å². The number of hydrogen-bond donors (Lipinski definition) is 1. The van der Waals surface area contributed by atoms with Crippen LogP contribution in [-0.4, -0.2) is 25.4 Å². The highest BCUT2D eigenvalue weighted by atomic mass is 16.6. The van der Waals surface area contributed by atoms with Crippen LogP contribution in [0.5, 0.6) is 0 Å². The molecule has 2 heterocycles. The second-order valence-electron chi connectivity index (χ2n) is 4.18. The van der Waals surface area contributed by atoms with Crippen molar-refractivity contribution in [2.45, 2.75) is 19.8 Å². The molecule has 94 valence electrons. The molecule has 0 unspecified atom stereocenters. The number of aromatic nitrogens is 2. The predicted octanol–water partition coefficient (Wildman–Crippen LogP) is 2.06. The number of aromatic carboxylic acids is 1. The highest BCUT2D eigenvalue weighted by molar-refractivity contribution is 5.88. The van der Waals surface area contributed by atoms with Crippen LogP contribution < -0.4 is 0 Å². The fraction of sp³-hybridized carbons (Fsp3) is 0.273. The maximum absolute atomic E-state index is 11.3. The van der Waals surface area contributed by atoms with Crippen LogP contribution in [0.1, 0.15) is 35.9 Å². The highest BCUT2D eigenvalue weighted by Gasteiger charge is 2.22. The van der Waals surface area contributed by atoms with Crippen molar-refractivity contribution in [2.75, 3.05) is 0 Å². The summed E-state index contributed by atoms with van der Waals surface area (Å²) in [4.78, 5) is 25.6. The SMILES string of the molecule is CC(C)c1nc2ccc([N+](=O)[O-])cn2c1C(=O)O. The smallest absolute Gasteiger partial charge is 0.354 e. The van der Waals surface area contributed by atoms with Crippen LogP contribution >= 0.6 is 0 Å². The molecule has 0 radical (unpaired) electrons. The van der Waals surface area contributed by atoms with E-state index in [1.807, 2.05) is 13.8 Å². The first-order chi connectivity index (χ1) is 8.41. The minimum atomic E-state index is -1.15. The Hall–Kier alpha value is -2.44. The van der Waals surface area contributed by atoms with Gasteiger partial charge in [-0.2, -0.15) is 0 Å². The zero-order valence-corrected chi connectivity index (χ0v) is 9.82. The predicted molar refractivity (Wildman–Crippen MR) is 62.9 cm³/mol. The summed E-state index contributed by atoms with van der Waals surface area (Å²) >= 11 is 0. The normalized spacial score (nSPS) is 11.1. The second kappa shape index (κ2) is 4.10. The molecule has 0 aromatic carbocycles. The lowest BCUT2D eigenvalue weighted by atomic mass is 10.1. The van der Waals surface area contributed by atoms with Gasteiger partial charge in [-0.1, -0.05) is 13.8 Å². The fourth-order valence-electron chi connectivity index (χ4n) is 1.77. The number of nitro groups is 1. The molecule has 18 heavy (non-hydrogen) atoms. The molecule has 0 aliphatic carbocycles. The molecule has 0 bridgehead atoms. The largest absolute Gasteiger partial charge is 0.477 e. The quantitative estimate of drug-likeness (QED) is 0.663. The molecule has 0 atom stereocenters. The summed E-state index contributed by atoms with van der Waals surface area (Å²) in [6.07, 6.45) is 1.18. The van der Waals surface area contributed by atoms with Gasteiger partial charge in [0.05, 0.1) is 16.8 Å². The minimum absolute atomic E-state index is 0.0244. The van der Waals surface area contributed by atoms with E-state index in [0.717, 1.165) is 0 Å². The number of carbonyl (C=O) groups is 1. The van der Waals surface area contributed by atoms with E-state index in [-0.39, 0.29) is 17.3 Å². The topological polar surface area (TPSA) is 97.7 Å². The summed E-state index contributed by atoms with van der Waals surface area (Å²) in [5.74, 6) is -1.22. The summed E-state index contributed by atoms with van der Waals surface area (Å²) in [5, 5.41) is 19.9. The van der Waals surface area contributed by atoms with Gasteiger partial charge in [-0.15, -0.1) is 0 Å². The second-order valence-corrected chi connectivity index (χ2v) is 4.18. The molecule has 0 amide bonds. The van der Waals surface area contributed by atoms with Crippen LogP contribution in [0.2, 0.25) is 0 Å². The maximum atomic E-state index is 11.3. The molecule has 0 spiro atoms. The number of carboxylic acids is 1. The summed E-state index contributed by atoms with van der Waals surface area (Å²) in [7, 11) is 0. The Kier molecular flexibility index (Phi) is 2.74. The van der Waals surface area contributed by atoms with Crippen molar-refractivity contribution < 1.29 is 14.8 Å². The van der Waals surface area contributed by atoms with Crippen molar-refractivity contribution in [3.63, 3.8) is 0 Å². The van der Waals surface area contributed by atoms with Crippen molar-refractivity contribution >= 4 is 17.3 Å². The van der Waals surface area contributed by atoms with E-state index in [1.54, 1.807) is 0 Å². The molecule has 7 nitrogen and oxygen atoms in total. The lowest BCUT2D eigenvalue weighted by molar-refractivity contribution is -0.385. The summed E-state index contributed by atoms with van der Waals surface area (Å²) in [5.41, 5.74) is 0.617. The lowest BCUT2D eigenvalue weighted by Crippen LogP contribution is -2.06. The van der Waals surface area contributed by atoms with E-state index in [1.165, 1.54) is 22.7 Å². The lowest BCUT2D eigenvalue weighted by Gasteiger charge is -2.02. The third kappa shape index (κ3) is 1.79. The van der Waals surface area contributed by atoms with Crippen LogP contribution in [-0.2, 0) is 0 Å². The molecule has 2 rings (SSSR count). The standard InChI is InChI=1S/C11H11N3O4/c1-6(2)9-10(11(15)16)13-5-7(14(17)18)3-4-8(13)12-9/h3-6H,1-2H3,(H,15,16). The van der Waals surface area contributed by atoms with Crippen LogP contribution in [0.25, 0.3) is 5.65 Å². The van der Waals surface area contributed by atoms with Crippen molar-refractivity contribution in [1.29, 1.82) is 0 Å². The Labute approximate surface area is 102 Å². The summed E-state index contributed by atoms with van der Waals surface area (Å²) < 4.78 is 1.25. The molecule has 7 heteroatoms. The van der Waals surface area contributed by atoms with Crippen molar-refractivity contribution in [1.82, 2.24) is 9.38 Å². The maximum Gasteiger partial charge on any atom is 0.354 e. The molecule has 2 aromatic heterocycles. The number of imidazole rings is 1. The first-order valence-corrected chi connectivity index (χ1v) is 5.31. The van der Waals surface area contributed by atoms with Crippen molar-refractivity contribution in [2.24, 2.45) is 0 Å². The van der Waals surface area contributed by atoms with E-state index in [2.05, 4.69) is 4.98 Å². The first-order valence-electron chi connectivity index (χ1n) is 5.31. The van der Waals surface area contributed by atoms with Gasteiger partial charge in [-0.25, -0.2) is 9.78 Å². The number of rotatable bonds is 3. The third-order valence-corrected chi connectivity index (χ3v) is 2.59.